The molecule has 0 aliphatic heterocycles. The summed E-state index contributed by atoms with van der Waals surface area (Å²) in [5, 5.41) is -0.866. The van der Waals surface area contributed by atoms with Crippen molar-refractivity contribution >= 4 is 15.6 Å². The molecule has 1 aromatic carbocycles. The van der Waals surface area contributed by atoms with E-state index in [-0.39, 0.29) is 16.6 Å². The molecule has 1 unspecified atom stereocenters. The molecular weight excluding hydrogens is 260 g/mol. The van der Waals surface area contributed by atoms with E-state index in [1.54, 1.807) is 30.3 Å². The molecule has 19 heavy (non-hydrogen) atoms. The predicted octanol–water partition coefficient (Wildman–Crippen LogP) is 3.00. The van der Waals surface area contributed by atoms with Crippen molar-refractivity contribution in [3.05, 3.63) is 30.3 Å². The second-order valence-electron chi connectivity index (χ2n) is 5.29. The number of carbonyl (C=O) groups is 1. The van der Waals surface area contributed by atoms with Crippen LogP contribution in [0, 0.1) is 5.92 Å². The van der Waals surface area contributed by atoms with Gasteiger partial charge in [0.15, 0.2) is 9.84 Å². The molecule has 0 radical (unpaired) electrons. The van der Waals surface area contributed by atoms with Gasteiger partial charge in [0.25, 0.3) is 0 Å². The van der Waals surface area contributed by atoms with Crippen molar-refractivity contribution in [2.24, 2.45) is 5.92 Å². The second kappa shape index (κ2) is 5.87. The molecule has 1 fully saturated rings. The summed E-state index contributed by atoms with van der Waals surface area (Å²) in [7, 11) is -3.55. The van der Waals surface area contributed by atoms with Gasteiger partial charge in [-0.1, -0.05) is 37.5 Å². The van der Waals surface area contributed by atoms with Crippen molar-refractivity contribution in [1.29, 1.82) is 0 Å². The fourth-order valence-corrected chi connectivity index (χ4v) is 5.04. The van der Waals surface area contributed by atoms with Crippen LogP contribution in [-0.2, 0) is 14.6 Å². The maximum absolute atomic E-state index is 12.7. The molecule has 1 aromatic rings. The highest BCUT2D eigenvalue weighted by Crippen LogP contribution is 2.33. The van der Waals surface area contributed by atoms with Crippen molar-refractivity contribution < 1.29 is 13.2 Å². The van der Waals surface area contributed by atoms with Gasteiger partial charge in [0, 0.05) is 0 Å². The van der Waals surface area contributed by atoms with Crippen molar-refractivity contribution in [2.75, 3.05) is 0 Å². The Labute approximate surface area is 114 Å². The van der Waals surface area contributed by atoms with E-state index in [1.807, 2.05) is 0 Å². The largest absolute Gasteiger partial charge is 0.299 e. The summed E-state index contributed by atoms with van der Waals surface area (Å²) in [6.45, 7) is 1.40. The lowest BCUT2D eigenvalue weighted by Gasteiger charge is -2.28. The fraction of sp³-hybridized carbons (Fsp3) is 0.533. The first-order chi connectivity index (χ1) is 9.03. The highest BCUT2D eigenvalue weighted by atomic mass is 32.2. The summed E-state index contributed by atoms with van der Waals surface area (Å²) in [5.41, 5.74) is 0. The number of sulfone groups is 1. The molecule has 0 heterocycles. The summed E-state index contributed by atoms with van der Waals surface area (Å²) in [6.07, 6.45) is 4.89. The van der Waals surface area contributed by atoms with Crippen LogP contribution in [0.15, 0.2) is 35.2 Å². The molecule has 3 nitrogen and oxygen atoms in total. The minimum atomic E-state index is -3.55. The van der Waals surface area contributed by atoms with Crippen molar-refractivity contribution in [3.63, 3.8) is 0 Å². The number of hydrogen-bond acceptors (Lipinski definition) is 3. The molecule has 1 aliphatic rings. The van der Waals surface area contributed by atoms with Gasteiger partial charge in [-0.25, -0.2) is 8.42 Å². The Kier molecular flexibility index (Phi) is 4.40. The fourth-order valence-electron chi connectivity index (χ4n) is 3.00. The zero-order chi connectivity index (χ0) is 13.9. The quantitative estimate of drug-likeness (QED) is 0.852. The maximum Gasteiger partial charge on any atom is 0.188 e. The summed E-state index contributed by atoms with van der Waals surface area (Å²) in [6, 6.07) is 8.33. The minimum Gasteiger partial charge on any atom is -0.299 e. The molecule has 4 heteroatoms. The third-order valence-electron chi connectivity index (χ3n) is 3.88. The van der Waals surface area contributed by atoms with Crippen LogP contribution in [0.2, 0.25) is 0 Å². The zero-order valence-electron chi connectivity index (χ0n) is 11.2. The van der Waals surface area contributed by atoms with E-state index in [0.29, 0.717) is 0 Å². The Hall–Kier alpha value is -1.16. The van der Waals surface area contributed by atoms with Crippen molar-refractivity contribution in [1.82, 2.24) is 0 Å². The molecule has 1 atom stereocenters. The molecule has 0 spiro atoms. The molecule has 0 amide bonds. The van der Waals surface area contributed by atoms with Crippen LogP contribution < -0.4 is 0 Å². The summed E-state index contributed by atoms with van der Waals surface area (Å²) >= 11 is 0. The maximum atomic E-state index is 12.7. The van der Waals surface area contributed by atoms with Gasteiger partial charge < -0.3 is 0 Å². The minimum absolute atomic E-state index is 0.0172. The molecule has 1 saturated carbocycles. The number of carbonyl (C=O) groups excluding carboxylic acids is 1. The van der Waals surface area contributed by atoms with Crippen LogP contribution in [0.25, 0.3) is 0 Å². The highest BCUT2D eigenvalue weighted by molar-refractivity contribution is 7.92. The average Bonchev–Trinajstić information content (AvgIpc) is 2.40. The van der Waals surface area contributed by atoms with Gasteiger partial charge in [-0.05, 0) is 37.8 Å². The lowest BCUT2D eigenvalue weighted by Crippen LogP contribution is -2.37. The molecule has 0 saturated heterocycles. The van der Waals surface area contributed by atoms with E-state index in [2.05, 4.69) is 0 Å². The van der Waals surface area contributed by atoms with Gasteiger partial charge in [-0.15, -0.1) is 0 Å². The van der Waals surface area contributed by atoms with Crippen LogP contribution in [0.4, 0.5) is 0 Å². The molecule has 2 rings (SSSR count). The average molecular weight is 280 g/mol. The second-order valence-corrected chi connectivity index (χ2v) is 7.36. The lowest BCUT2D eigenvalue weighted by molar-refractivity contribution is -0.117. The Balaban J connectivity index is 2.36. The Morgan fingerprint density at radius 1 is 1.11 bits per heavy atom. The number of hydrogen-bond donors (Lipinski definition) is 0. The number of ketones is 1. The van der Waals surface area contributed by atoms with E-state index in [4.69, 9.17) is 0 Å². The van der Waals surface area contributed by atoms with Gasteiger partial charge in [-0.2, -0.15) is 0 Å². The van der Waals surface area contributed by atoms with E-state index in [1.165, 1.54) is 6.92 Å². The zero-order valence-corrected chi connectivity index (χ0v) is 12.0. The van der Waals surface area contributed by atoms with Gasteiger partial charge in [0.1, 0.15) is 11.0 Å². The third-order valence-corrected chi connectivity index (χ3v) is 6.20. The first-order valence-corrected chi connectivity index (χ1v) is 8.37. The van der Waals surface area contributed by atoms with Crippen LogP contribution in [0.1, 0.15) is 39.0 Å². The monoisotopic (exact) mass is 280 g/mol. The normalized spacial score (nSPS) is 19.0. The van der Waals surface area contributed by atoms with Gasteiger partial charge in [0.2, 0.25) is 0 Å². The molecule has 0 bridgehead atoms. The Morgan fingerprint density at radius 3 is 2.21 bits per heavy atom. The molecular formula is C15H20O3S. The summed E-state index contributed by atoms with van der Waals surface area (Å²) in [5.74, 6) is -0.243. The smallest absolute Gasteiger partial charge is 0.188 e. The van der Waals surface area contributed by atoms with E-state index >= 15 is 0 Å². The SMILES string of the molecule is CC(=O)C(C1CCCCC1)S(=O)(=O)c1ccccc1. The van der Waals surface area contributed by atoms with Crippen molar-refractivity contribution in [3.8, 4) is 0 Å². The highest BCUT2D eigenvalue weighted by Gasteiger charge is 2.38. The summed E-state index contributed by atoms with van der Waals surface area (Å²) in [4.78, 5) is 12.1. The van der Waals surface area contributed by atoms with Crippen LogP contribution in [0.3, 0.4) is 0 Å². The van der Waals surface area contributed by atoms with E-state index in [0.717, 1.165) is 32.1 Å². The van der Waals surface area contributed by atoms with Crippen molar-refractivity contribution in [2.45, 2.75) is 49.2 Å². The Morgan fingerprint density at radius 2 is 1.68 bits per heavy atom. The van der Waals surface area contributed by atoms with Gasteiger partial charge in [0.05, 0.1) is 4.90 Å². The number of benzene rings is 1. The molecule has 1 aliphatic carbocycles. The summed E-state index contributed by atoms with van der Waals surface area (Å²) < 4.78 is 25.3. The van der Waals surface area contributed by atoms with Gasteiger partial charge >= 0.3 is 0 Å². The van der Waals surface area contributed by atoms with E-state index < -0.39 is 15.1 Å². The standard InChI is InChI=1S/C15H20O3S/c1-12(16)15(13-8-4-2-5-9-13)19(17,18)14-10-6-3-7-11-14/h3,6-7,10-11,13,15H,2,4-5,8-9H2,1H3. The van der Waals surface area contributed by atoms with Gasteiger partial charge in [-0.3, -0.25) is 4.79 Å². The molecule has 0 aromatic heterocycles. The molecule has 0 N–H and O–H groups in total. The van der Waals surface area contributed by atoms with Crippen LogP contribution >= 0.6 is 0 Å². The first-order valence-electron chi connectivity index (χ1n) is 6.83. The lowest BCUT2D eigenvalue weighted by atomic mass is 9.85. The van der Waals surface area contributed by atoms with Crippen LogP contribution in [0.5, 0.6) is 0 Å². The first kappa shape index (κ1) is 14.3. The topological polar surface area (TPSA) is 51.2 Å². The van der Waals surface area contributed by atoms with Crippen LogP contribution in [-0.4, -0.2) is 19.5 Å². The number of rotatable bonds is 4. The molecule has 104 valence electrons. The van der Waals surface area contributed by atoms with E-state index in [9.17, 15) is 13.2 Å². The Bertz CT molecular complexity index is 528. The number of Topliss-reactive ketones (excluding diaryl/α,β-unsaturated/α-hetero) is 1. The third kappa shape index (κ3) is 3.06. The predicted molar refractivity (Wildman–Crippen MR) is 74.7 cm³/mol.